The zero-order chi connectivity index (χ0) is 18.7. The van der Waals surface area contributed by atoms with Gasteiger partial charge in [0.25, 0.3) is 5.69 Å². The second kappa shape index (κ2) is 7.84. The van der Waals surface area contributed by atoms with E-state index in [1.807, 2.05) is 31.2 Å². The second-order valence-corrected chi connectivity index (χ2v) is 8.31. The highest BCUT2D eigenvalue weighted by molar-refractivity contribution is 8.00. The van der Waals surface area contributed by atoms with Crippen molar-refractivity contribution in [2.24, 2.45) is 0 Å². The zero-order valence-electron chi connectivity index (χ0n) is 14.3. The van der Waals surface area contributed by atoms with E-state index in [1.165, 1.54) is 23.9 Å². The van der Waals surface area contributed by atoms with Crippen LogP contribution in [0.5, 0.6) is 0 Å². The van der Waals surface area contributed by atoms with E-state index in [9.17, 15) is 14.9 Å². The van der Waals surface area contributed by atoms with Crippen molar-refractivity contribution >= 4 is 44.9 Å². The number of hydrogen-bond acceptors (Lipinski definition) is 6. The maximum Gasteiger partial charge on any atom is 0.269 e. The van der Waals surface area contributed by atoms with Crippen molar-refractivity contribution in [3.63, 3.8) is 0 Å². The van der Waals surface area contributed by atoms with Gasteiger partial charge in [-0.25, -0.2) is 4.98 Å². The third-order valence-electron chi connectivity index (χ3n) is 3.79. The van der Waals surface area contributed by atoms with E-state index < -0.39 is 4.92 Å². The molecular weight excluding hydrogens is 370 g/mol. The minimum absolute atomic E-state index is 0.00684. The molecule has 0 unspecified atom stereocenters. The lowest BCUT2D eigenvalue weighted by atomic mass is 10.3. The van der Waals surface area contributed by atoms with Crippen LogP contribution in [0.4, 0.5) is 5.69 Å². The molecule has 0 N–H and O–H groups in total. The van der Waals surface area contributed by atoms with E-state index in [0.717, 1.165) is 20.1 Å². The minimum atomic E-state index is -0.436. The number of thiazole rings is 1. The number of hydrogen-bond donors (Lipinski definition) is 0. The lowest BCUT2D eigenvalue weighted by Gasteiger charge is -2.20. The lowest BCUT2D eigenvalue weighted by Crippen LogP contribution is -2.32. The fraction of sp³-hybridized carbons (Fsp3) is 0.222. The molecule has 0 spiro atoms. The van der Waals surface area contributed by atoms with Crippen molar-refractivity contribution in [2.75, 3.05) is 7.05 Å². The van der Waals surface area contributed by atoms with Crippen LogP contribution in [-0.4, -0.2) is 33.0 Å². The second-order valence-electron chi connectivity index (χ2n) is 5.78. The molecule has 0 saturated carbocycles. The van der Waals surface area contributed by atoms with Crippen LogP contribution in [0, 0.1) is 10.1 Å². The maximum atomic E-state index is 12.6. The third kappa shape index (κ3) is 4.20. The van der Waals surface area contributed by atoms with Crippen LogP contribution < -0.4 is 0 Å². The highest BCUT2D eigenvalue weighted by atomic mass is 32.2. The Bertz CT molecular complexity index is 907. The molecule has 6 nitrogen and oxygen atoms in total. The number of aromatic nitrogens is 1. The molecule has 3 aromatic rings. The topological polar surface area (TPSA) is 76.3 Å². The largest absolute Gasteiger partial charge is 0.338 e. The van der Waals surface area contributed by atoms with Crippen LogP contribution in [0.2, 0.25) is 0 Å². The molecule has 0 aliphatic carbocycles. The lowest BCUT2D eigenvalue weighted by molar-refractivity contribution is -0.384. The Kier molecular flexibility index (Phi) is 5.53. The molecule has 8 heteroatoms. The molecule has 0 saturated heterocycles. The van der Waals surface area contributed by atoms with Gasteiger partial charge in [-0.2, -0.15) is 0 Å². The Labute approximate surface area is 159 Å². The van der Waals surface area contributed by atoms with Gasteiger partial charge in [-0.05, 0) is 31.2 Å². The van der Waals surface area contributed by atoms with Gasteiger partial charge in [0, 0.05) is 24.1 Å². The molecule has 1 atom stereocenters. The van der Waals surface area contributed by atoms with Crippen LogP contribution in [-0.2, 0) is 11.3 Å². The van der Waals surface area contributed by atoms with Crippen molar-refractivity contribution in [1.29, 1.82) is 0 Å². The van der Waals surface area contributed by atoms with Gasteiger partial charge in [-0.1, -0.05) is 12.1 Å². The SMILES string of the molecule is C[C@@H](Sc1ccc([N+](=O)[O-])cc1)C(=O)N(C)Cc1nc2ccccc2s1. The summed E-state index contributed by atoms with van der Waals surface area (Å²) in [5.74, 6) is -0.00684. The van der Waals surface area contributed by atoms with Gasteiger partial charge in [-0.3, -0.25) is 14.9 Å². The molecule has 134 valence electrons. The molecule has 3 rings (SSSR count). The van der Waals surface area contributed by atoms with Crippen LogP contribution in [0.3, 0.4) is 0 Å². The molecule has 0 fully saturated rings. The first-order valence-corrected chi connectivity index (χ1v) is 9.64. The van der Waals surface area contributed by atoms with Crippen molar-refractivity contribution in [3.8, 4) is 0 Å². The summed E-state index contributed by atoms with van der Waals surface area (Å²) >= 11 is 2.97. The van der Waals surface area contributed by atoms with Crippen LogP contribution in [0.1, 0.15) is 11.9 Å². The summed E-state index contributed by atoms with van der Waals surface area (Å²) in [4.78, 5) is 29.9. The smallest absolute Gasteiger partial charge is 0.269 e. The van der Waals surface area contributed by atoms with Crippen molar-refractivity contribution in [1.82, 2.24) is 9.88 Å². The Morgan fingerprint density at radius 1 is 1.27 bits per heavy atom. The fourth-order valence-electron chi connectivity index (χ4n) is 2.48. The molecule has 0 bridgehead atoms. The van der Waals surface area contributed by atoms with Crippen molar-refractivity contribution < 1.29 is 9.72 Å². The summed E-state index contributed by atoms with van der Waals surface area (Å²) in [5.41, 5.74) is 0.989. The molecule has 0 aliphatic rings. The number of non-ortho nitro benzene ring substituents is 1. The number of carbonyl (C=O) groups excluding carboxylic acids is 1. The number of fused-ring (bicyclic) bond motifs is 1. The number of thioether (sulfide) groups is 1. The van der Waals surface area contributed by atoms with E-state index in [1.54, 1.807) is 35.4 Å². The number of rotatable bonds is 6. The van der Waals surface area contributed by atoms with Gasteiger partial charge in [-0.15, -0.1) is 23.1 Å². The average molecular weight is 387 g/mol. The average Bonchev–Trinajstić information content (AvgIpc) is 3.03. The summed E-state index contributed by atoms with van der Waals surface area (Å²) in [7, 11) is 1.77. The van der Waals surface area contributed by atoms with Crippen LogP contribution >= 0.6 is 23.1 Å². The van der Waals surface area contributed by atoms with E-state index in [4.69, 9.17) is 0 Å². The maximum absolute atomic E-state index is 12.6. The predicted octanol–water partition coefficient (Wildman–Crippen LogP) is 4.34. The first-order chi connectivity index (χ1) is 12.4. The number of nitro benzene ring substituents is 1. The van der Waals surface area contributed by atoms with Gasteiger partial charge in [0.05, 0.1) is 26.9 Å². The van der Waals surface area contributed by atoms with Gasteiger partial charge in [0.2, 0.25) is 5.91 Å². The Balaban J connectivity index is 1.62. The monoisotopic (exact) mass is 387 g/mol. The molecule has 26 heavy (non-hydrogen) atoms. The van der Waals surface area contributed by atoms with Gasteiger partial charge in [0.1, 0.15) is 5.01 Å². The Morgan fingerprint density at radius 2 is 1.96 bits per heavy atom. The summed E-state index contributed by atoms with van der Waals surface area (Å²) < 4.78 is 1.11. The number of amides is 1. The predicted molar refractivity (Wildman–Crippen MR) is 105 cm³/mol. The molecule has 0 radical (unpaired) electrons. The van der Waals surface area contributed by atoms with E-state index in [2.05, 4.69) is 4.98 Å². The minimum Gasteiger partial charge on any atom is -0.338 e. The molecule has 1 heterocycles. The molecular formula is C18H17N3O3S2. The zero-order valence-corrected chi connectivity index (χ0v) is 15.9. The summed E-state index contributed by atoms with van der Waals surface area (Å²) in [6.07, 6.45) is 0. The normalized spacial score (nSPS) is 12.1. The summed E-state index contributed by atoms with van der Waals surface area (Å²) in [5, 5.41) is 11.3. The first kappa shape index (κ1) is 18.3. The fourth-order valence-corrected chi connectivity index (χ4v) is 4.48. The number of benzene rings is 2. The van der Waals surface area contributed by atoms with E-state index in [0.29, 0.717) is 6.54 Å². The van der Waals surface area contributed by atoms with Crippen LogP contribution in [0.15, 0.2) is 53.4 Å². The van der Waals surface area contributed by atoms with Crippen molar-refractivity contribution in [2.45, 2.75) is 23.6 Å². The number of para-hydroxylation sites is 1. The Morgan fingerprint density at radius 3 is 2.62 bits per heavy atom. The molecule has 1 aromatic heterocycles. The quantitative estimate of drug-likeness (QED) is 0.357. The summed E-state index contributed by atoms with van der Waals surface area (Å²) in [6, 6.07) is 14.1. The number of nitro groups is 1. The highest BCUT2D eigenvalue weighted by Gasteiger charge is 2.20. The van der Waals surface area contributed by atoms with E-state index in [-0.39, 0.29) is 16.8 Å². The van der Waals surface area contributed by atoms with Crippen molar-refractivity contribution in [3.05, 3.63) is 63.7 Å². The first-order valence-electron chi connectivity index (χ1n) is 7.94. The summed E-state index contributed by atoms with van der Waals surface area (Å²) in [6.45, 7) is 2.30. The number of carbonyl (C=O) groups is 1. The molecule has 1 amide bonds. The third-order valence-corrected chi connectivity index (χ3v) is 5.92. The van der Waals surface area contributed by atoms with E-state index >= 15 is 0 Å². The molecule has 2 aromatic carbocycles. The Hall–Kier alpha value is -2.45. The van der Waals surface area contributed by atoms with Crippen LogP contribution in [0.25, 0.3) is 10.2 Å². The molecule has 0 aliphatic heterocycles. The van der Waals surface area contributed by atoms with Gasteiger partial charge >= 0.3 is 0 Å². The van der Waals surface area contributed by atoms with Gasteiger partial charge in [0.15, 0.2) is 0 Å². The standard InChI is InChI=1S/C18H17N3O3S2/c1-12(25-14-9-7-13(8-10-14)21(23)24)18(22)20(2)11-17-19-15-5-3-4-6-16(15)26-17/h3-10,12H,11H2,1-2H3/t12-/m1/s1. The number of nitrogens with zero attached hydrogens (tertiary/aromatic N) is 3. The highest BCUT2D eigenvalue weighted by Crippen LogP contribution is 2.27. The van der Waals surface area contributed by atoms with Gasteiger partial charge < -0.3 is 4.90 Å².